The lowest BCUT2D eigenvalue weighted by molar-refractivity contribution is -0.123. The molecular formula is C19H20FN3O3. The van der Waals surface area contributed by atoms with Crippen LogP contribution in [0.15, 0.2) is 48.5 Å². The summed E-state index contributed by atoms with van der Waals surface area (Å²) >= 11 is 0. The van der Waals surface area contributed by atoms with Crippen LogP contribution in [0.5, 0.6) is 0 Å². The van der Waals surface area contributed by atoms with Crippen LogP contribution in [0.1, 0.15) is 18.9 Å². The SMILES string of the molecule is CCC(=O)NCC(=O)Nc1ccc(F)c(NC(=O)Cc2ccccc2)c1. The number of hydrogen-bond acceptors (Lipinski definition) is 3. The van der Waals surface area contributed by atoms with Crippen molar-refractivity contribution in [2.24, 2.45) is 0 Å². The molecule has 0 bridgehead atoms. The van der Waals surface area contributed by atoms with Crippen molar-refractivity contribution in [3.8, 4) is 0 Å². The molecule has 0 saturated carbocycles. The number of benzene rings is 2. The summed E-state index contributed by atoms with van der Waals surface area (Å²) in [6, 6.07) is 12.9. The van der Waals surface area contributed by atoms with Gasteiger partial charge in [0.25, 0.3) is 0 Å². The number of anilines is 2. The molecule has 6 nitrogen and oxygen atoms in total. The zero-order valence-electron chi connectivity index (χ0n) is 14.3. The minimum Gasteiger partial charge on any atom is -0.347 e. The molecule has 7 heteroatoms. The molecule has 0 saturated heterocycles. The van der Waals surface area contributed by atoms with E-state index in [0.29, 0.717) is 5.69 Å². The zero-order valence-corrected chi connectivity index (χ0v) is 14.3. The molecule has 0 aliphatic carbocycles. The molecular weight excluding hydrogens is 337 g/mol. The monoisotopic (exact) mass is 357 g/mol. The number of carbonyl (C=O) groups is 3. The fourth-order valence-electron chi connectivity index (χ4n) is 2.18. The summed E-state index contributed by atoms with van der Waals surface area (Å²) in [5.74, 6) is -1.66. The van der Waals surface area contributed by atoms with Crippen molar-refractivity contribution < 1.29 is 18.8 Å². The highest BCUT2D eigenvalue weighted by atomic mass is 19.1. The quantitative estimate of drug-likeness (QED) is 0.711. The molecule has 136 valence electrons. The number of carbonyl (C=O) groups excluding carboxylic acids is 3. The lowest BCUT2D eigenvalue weighted by Gasteiger charge is -2.10. The molecule has 0 radical (unpaired) electrons. The highest BCUT2D eigenvalue weighted by Gasteiger charge is 2.11. The molecule has 2 rings (SSSR count). The fraction of sp³-hybridized carbons (Fsp3) is 0.211. The van der Waals surface area contributed by atoms with Gasteiger partial charge in [0.05, 0.1) is 18.7 Å². The van der Waals surface area contributed by atoms with E-state index in [1.54, 1.807) is 19.1 Å². The van der Waals surface area contributed by atoms with Crippen molar-refractivity contribution in [1.29, 1.82) is 0 Å². The van der Waals surface area contributed by atoms with Crippen molar-refractivity contribution in [1.82, 2.24) is 5.32 Å². The van der Waals surface area contributed by atoms with Gasteiger partial charge in [-0.15, -0.1) is 0 Å². The van der Waals surface area contributed by atoms with Crippen LogP contribution in [0, 0.1) is 5.82 Å². The van der Waals surface area contributed by atoms with Crippen LogP contribution in [0.2, 0.25) is 0 Å². The van der Waals surface area contributed by atoms with Crippen LogP contribution >= 0.6 is 0 Å². The first-order valence-corrected chi connectivity index (χ1v) is 8.17. The van der Waals surface area contributed by atoms with E-state index >= 15 is 0 Å². The zero-order chi connectivity index (χ0) is 18.9. The Morgan fingerprint density at radius 3 is 2.35 bits per heavy atom. The van der Waals surface area contributed by atoms with Crippen molar-refractivity contribution in [3.63, 3.8) is 0 Å². The number of nitrogens with one attached hydrogen (secondary N) is 3. The lowest BCUT2D eigenvalue weighted by Crippen LogP contribution is -2.32. The van der Waals surface area contributed by atoms with Gasteiger partial charge in [0.2, 0.25) is 17.7 Å². The van der Waals surface area contributed by atoms with E-state index in [1.807, 2.05) is 18.2 Å². The van der Waals surface area contributed by atoms with Gasteiger partial charge in [0, 0.05) is 12.1 Å². The molecule has 2 aromatic carbocycles. The topological polar surface area (TPSA) is 87.3 Å². The molecule has 2 aromatic rings. The molecule has 0 spiro atoms. The molecule has 0 heterocycles. The predicted octanol–water partition coefficient (Wildman–Crippen LogP) is 2.47. The summed E-state index contributed by atoms with van der Waals surface area (Å²) in [6.45, 7) is 1.50. The van der Waals surface area contributed by atoms with E-state index in [4.69, 9.17) is 0 Å². The Kier molecular flexibility index (Phi) is 6.84. The van der Waals surface area contributed by atoms with Crippen molar-refractivity contribution >= 4 is 29.1 Å². The normalized spacial score (nSPS) is 10.1. The maximum atomic E-state index is 13.9. The molecule has 26 heavy (non-hydrogen) atoms. The fourth-order valence-corrected chi connectivity index (χ4v) is 2.18. The number of halogens is 1. The predicted molar refractivity (Wildman–Crippen MR) is 97.1 cm³/mol. The van der Waals surface area contributed by atoms with Crippen LogP contribution < -0.4 is 16.0 Å². The van der Waals surface area contributed by atoms with Gasteiger partial charge in [-0.25, -0.2) is 4.39 Å². The first-order valence-electron chi connectivity index (χ1n) is 8.17. The second kappa shape index (κ2) is 9.31. The van der Waals surface area contributed by atoms with Crippen LogP contribution in [0.25, 0.3) is 0 Å². The van der Waals surface area contributed by atoms with Gasteiger partial charge >= 0.3 is 0 Å². The summed E-state index contributed by atoms with van der Waals surface area (Å²) in [5, 5.41) is 7.48. The lowest BCUT2D eigenvalue weighted by atomic mass is 10.1. The first-order chi connectivity index (χ1) is 12.5. The second-order valence-electron chi connectivity index (χ2n) is 5.58. The Bertz CT molecular complexity index is 794. The Balaban J connectivity index is 1.97. The smallest absolute Gasteiger partial charge is 0.243 e. The van der Waals surface area contributed by atoms with Gasteiger partial charge in [0.1, 0.15) is 5.82 Å². The number of hydrogen-bond donors (Lipinski definition) is 3. The number of amides is 3. The number of rotatable bonds is 7. The van der Waals surface area contributed by atoms with Gasteiger partial charge in [0.15, 0.2) is 0 Å². The second-order valence-corrected chi connectivity index (χ2v) is 5.58. The Hall–Kier alpha value is -3.22. The van der Waals surface area contributed by atoms with Crippen molar-refractivity contribution in [2.75, 3.05) is 17.2 Å². The highest BCUT2D eigenvalue weighted by Crippen LogP contribution is 2.20. The third kappa shape index (κ3) is 6.01. The first kappa shape index (κ1) is 19.1. The van der Waals surface area contributed by atoms with E-state index in [9.17, 15) is 18.8 Å². The van der Waals surface area contributed by atoms with Gasteiger partial charge in [-0.3, -0.25) is 14.4 Å². The molecule has 3 N–H and O–H groups in total. The Morgan fingerprint density at radius 1 is 0.923 bits per heavy atom. The van der Waals surface area contributed by atoms with Crippen LogP contribution in [0.4, 0.5) is 15.8 Å². The van der Waals surface area contributed by atoms with Gasteiger partial charge in [-0.05, 0) is 23.8 Å². The van der Waals surface area contributed by atoms with E-state index in [-0.39, 0.29) is 36.9 Å². The minimum atomic E-state index is -0.608. The Labute approximate surface area is 150 Å². The molecule has 0 atom stereocenters. The largest absolute Gasteiger partial charge is 0.347 e. The van der Waals surface area contributed by atoms with E-state index in [1.165, 1.54) is 12.1 Å². The molecule has 0 fully saturated rings. The summed E-state index contributed by atoms with van der Waals surface area (Å²) in [7, 11) is 0. The summed E-state index contributed by atoms with van der Waals surface area (Å²) in [6.07, 6.45) is 0.390. The highest BCUT2D eigenvalue weighted by molar-refractivity contribution is 5.96. The molecule has 3 amide bonds. The third-order valence-corrected chi connectivity index (χ3v) is 3.50. The minimum absolute atomic E-state index is 0.0266. The van der Waals surface area contributed by atoms with Gasteiger partial charge in [-0.2, -0.15) is 0 Å². The van der Waals surface area contributed by atoms with Crippen molar-refractivity contribution in [2.45, 2.75) is 19.8 Å². The Morgan fingerprint density at radius 2 is 1.65 bits per heavy atom. The molecule has 0 aromatic heterocycles. The summed E-state index contributed by atoms with van der Waals surface area (Å²) in [5.41, 5.74) is 1.10. The summed E-state index contributed by atoms with van der Waals surface area (Å²) < 4.78 is 13.9. The maximum absolute atomic E-state index is 13.9. The van der Waals surface area contributed by atoms with Gasteiger partial charge in [-0.1, -0.05) is 37.3 Å². The molecule has 0 aliphatic rings. The standard InChI is InChI=1S/C19H20FN3O3/c1-2-17(24)21-12-19(26)22-14-8-9-15(20)16(11-14)23-18(25)10-13-6-4-3-5-7-13/h3-9,11H,2,10,12H2,1H3,(H,21,24)(H,22,26)(H,23,25). The van der Waals surface area contributed by atoms with E-state index in [0.717, 1.165) is 11.6 Å². The average molecular weight is 357 g/mol. The van der Waals surface area contributed by atoms with E-state index in [2.05, 4.69) is 16.0 Å². The third-order valence-electron chi connectivity index (χ3n) is 3.50. The van der Waals surface area contributed by atoms with Crippen molar-refractivity contribution in [3.05, 3.63) is 59.9 Å². The summed E-state index contributed by atoms with van der Waals surface area (Å²) in [4.78, 5) is 35.0. The average Bonchev–Trinajstić information content (AvgIpc) is 2.63. The van der Waals surface area contributed by atoms with E-state index < -0.39 is 11.7 Å². The van der Waals surface area contributed by atoms with Crippen LogP contribution in [-0.4, -0.2) is 24.3 Å². The van der Waals surface area contributed by atoms with Gasteiger partial charge < -0.3 is 16.0 Å². The molecule has 0 unspecified atom stereocenters. The van der Waals surface area contributed by atoms with Crippen LogP contribution in [0.3, 0.4) is 0 Å². The maximum Gasteiger partial charge on any atom is 0.243 e. The van der Waals surface area contributed by atoms with Crippen LogP contribution in [-0.2, 0) is 20.8 Å². The molecule has 0 aliphatic heterocycles.